The number of carbonyl (C=O) groups excluding carboxylic acids is 2. The standard InChI is InChI=1S/C16H21ClN2O3/c17-13-6-3-5-11(8-13)16(22)18-9-15(21)19-14-7-2-1-4-12(14)10-20/h3,5-6,8,12,14,20H,1-2,4,7,9-10H2,(H,18,22)(H,19,21). The number of rotatable bonds is 5. The molecule has 1 aromatic rings. The molecule has 1 aliphatic carbocycles. The van der Waals surface area contributed by atoms with Crippen LogP contribution in [0.3, 0.4) is 0 Å². The number of aliphatic hydroxyl groups is 1. The predicted molar refractivity (Wildman–Crippen MR) is 84.8 cm³/mol. The highest BCUT2D eigenvalue weighted by molar-refractivity contribution is 6.30. The maximum Gasteiger partial charge on any atom is 0.251 e. The molecule has 0 radical (unpaired) electrons. The highest BCUT2D eigenvalue weighted by Crippen LogP contribution is 2.23. The van der Waals surface area contributed by atoms with E-state index in [4.69, 9.17) is 11.6 Å². The summed E-state index contributed by atoms with van der Waals surface area (Å²) in [7, 11) is 0. The van der Waals surface area contributed by atoms with E-state index in [-0.39, 0.29) is 36.9 Å². The Balaban J connectivity index is 1.81. The van der Waals surface area contributed by atoms with Gasteiger partial charge in [-0.05, 0) is 31.0 Å². The highest BCUT2D eigenvalue weighted by atomic mass is 35.5. The van der Waals surface area contributed by atoms with E-state index in [1.54, 1.807) is 24.3 Å². The normalized spacial score (nSPS) is 21.2. The molecule has 22 heavy (non-hydrogen) atoms. The third-order valence-electron chi connectivity index (χ3n) is 3.99. The molecular formula is C16H21ClN2O3. The van der Waals surface area contributed by atoms with Gasteiger partial charge in [0.15, 0.2) is 0 Å². The van der Waals surface area contributed by atoms with Crippen molar-refractivity contribution in [3.8, 4) is 0 Å². The number of halogens is 1. The van der Waals surface area contributed by atoms with Gasteiger partial charge < -0.3 is 15.7 Å². The molecule has 0 heterocycles. The Morgan fingerprint density at radius 2 is 2.05 bits per heavy atom. The summed E-state index contributed by atoms with van der Waals surface area (Å²) in [6.45, 7) is -0.000183. The van der Waals surface area contributed by atoms with Crippen LogP contribution in [0.15, 0.2) is 24.3 Å². The van der Waals surface area contributed by atoms with E-state index in [0.717, 1.165) is 25.7 Å². The lowest BCUT2D eigenvalue weighted by Gasteiger charge is -2.30. The van der Waals surface area contributed by atoms with Gasteiger partial charge in [-0.1, -0.05) is 30.5 Å². The molecule has 0 aliphatic heterocycles. The van der Waals surface area contributed by atoms with Crippen molar-refractivity contribution in [1.82, 2.24) is 10.6 Å². The lowest BCUT2D eigenvalue weighted by Crippen LogP contribution is -2.47. The van der Waals surface area contributed by atoms with Gasteiger partial charge in [0.25, 0.3) is 5.91 Å². The average molecular weight is 325 g/mol. The first kappa shape index (κ1) is 16.8. The van der Waals surface area contributed by atoms with Crippen molar-refractivity contribution in [2.24, 2.45) is 5.92 Å². The Morgan fingerprint density at radius 1 is 1.27 bits per heavy atom. The van der Waals surface area contributed by atoms with Gasteiger partial charge in [0.2, 0.25) is 5.91 Å². The molecule has 0 bridgehead atoms. The molecule has 1 fully saturated rings. The first-order valence-corrected chi connectivity index (χ1v) is 7.92. The second-order valence-corrected chi connectivity index (χ2v) is 6.03. The molecule has 0 saturated heterocycles. The molecule has 1 aromatic carbocycles. The summed E-state index contributed by atoms with van der Waals surface area (Å²) in [6.07, 6.45) is 3.94. The topological polar surface area (TPSA) is 78.4 Å². The van der Waals surface area contributed by atoms with Crippen LogP contribution in [0.2, 0.25) is 5.02 Å². The molecule has 1 aliphatic rings. The fourth-order valence-electron chi connectivity index (χ4n) is 2.77. The monoisotopic (exact) mass is 324 g/mol. The van der Waals surface area contributed by atoms with Crippen molar-refractivity contribution in [2.45, 2.75) is 31.7 Å². The summed E-state index contributed by atoms with van der Waals surface area (Å²) >= 11 is 5.83. The minimum absolute atomic E-state index is 0.00526. The van der Waals surface area contributed by atoms with Crippen LogP contribution in [0.1, 0.15) is 36.0 Å². The Kier molecular flexibility index (Phi) is 6.21. The van der Waals surface area contributed by atoms with Gasteiger partial charge in [-0.2, -0.15) is 0 Å². The van der Waals surface area contributed by atoms with E-state index in [2.05, 4.69) is 10.6 Å². The van der Waals surface area contributed by atoms with Gasteiger partial charge >= 0.3 is 0 Å². The Hall–Kier alpha value is -1.59. The van der Waals surface area contributed by atoms with E-state index in [9.17, 15) is 14.7 Å². The molecule has 2 rings (SSSR count). The molecule has 6 heteroatoms. The lowest BCUT2D eigenvalue weighted by atomic mass is 9.85. The summed E-state index contributed by atoms with van der Waals surface area (Å²) < 4.78 is 0. The third kappa shape index (κ3) is 4.71. The number of hydrogen-bond acceptors (Lipinski definition) is 3. The Bertz CT molecular complexity index is 536. The van der Waals surface area contributed by atoms with E-state index in [0.29, 0.717) is 10.6 Å². The number of hydrogen-bond donors (Lipinski definition) is 3. The van der Waals surface area contributed by atoms with Crippen molar-refractivity contribution >= 4 is 23.4 Å². The highest BCUT2D eigenvalue weighted by Gasteiger charge is 2.25. The second kappa shape index (κ2) is 8.15. The molecule has 2 unspecified atom stereocenters. The molecule has 5 nitrogen and oxygen atoms in total. The van der Waals surface area contributed by atoms with Crippen molar-refractivity contribution in [3.05, 3.63) is 34.9 Å². The van der Waals surface area contributed by atoms with E-state index >= 15 is 0 Å². The van der Waals surface area contributed by atoms with Crippen molar-refractivity contribution in [2.75, 3.05) is 13.2 Å². The fourth-order valence-corrected chi connectivity index (χ4v) is 2.96. The molecule has 1 saturated carbocycles. The smallest absolute Gasteiger partial charge is 0.251 e. The number of aliphatic hydroxyl groups excluding tert-OH is 1. The molecule has 2 atom stereocenters. The predicted octanol–water partition coefficient (Wildman–Crippen LogP) is 1.74. The molecular weight excluding hydrogens is 304 g/mol. The molecule has 3 N–H and O–H groups in total. The number of amides is 2. The quantitative estimate of drug-likeness (QED) is 0.772. The zero-order valence-electron chi connectivity index (χ0n) is 12.3. The number of benzene rings is 1. The van der Waals surface area contributed by atoms with Crippen LogP contribution < -0.4 is 10.6 Å². The minimum Gasteiger partial charge on any atom is -0.396 e. The Labute approximate surface area is 135 Å². The Morgan fingerprint density at radius 3 is 2.77 bits per heavy atom. The second-order valence-electron chi connectivity index (χ2n) is 5.59. The van der Waals surface area contributed by atoms with Crippen LogP contribution in [0.25, 0.3) is 0 Å². The summed E-state index contributed by atoms with van der Waals surface area (Å²) in [5.74, 6) is -0.456. The first-order chi connectivity index (χ1) is 10.6. The maximum atomic E-state index is 11.9. The van der Waals surface area contributed by atoms with Crippen LogP contribution in [-0.2, 0) is 4.79 Å². The molecule has 0 spiro atoms. The van der Waals surface area contributed by atoms with Gasteiger partial charge in [-0.3, -0.25) is 9.59 Å². The number of carbonyl (C=O) groups is 2. The van der Waals surface area contributed by atoms with E-state index in [1.807, 2.05) is 0 Å². The van der Waals surface area contributed by atoms with Crippen LogP contribution >= 0.6 is 11.6 Å². The van der Waals surface area contributed by atoms with Gasteiger partial charge in [-0.15, -0.1) is 0 Å². The molecule has 120 valence electrons. The maximum absolute atomic E-state index is 11.9. The van der Waals surface area contributed by atoms with Gasteiger partial charge in [0.1, 0.15) is 0 Å². The largest absolute Gasteiger partial charge is 0.396 e. The van der Waals surface area contributed by atoms with Crippen LogP contribution in [0.5, 0.6) is 0 Å². The van der Waals surface area contributed by atoms with Crippen molar-refractivity contribution < 1.29 is 14.7 Å². The van der Waals surface area contributed by atoms with E-state index in [1.165, 1.54) is 0 Å². The molecule has 0 aromatic heterocycles. The van der Waals surface area contributed by atoms with Crippen LogP contribution in [-0.4, -0.2) is 36.1 Å². The summed E-state index contributed by atoms with van der Waals surface area (Å²) in [4.78, 5) is 23.9. The van der Waals surface area contributed by atoms with Crippen LogP contribution in [0.4, 0.5) is 0 Å². The van der Waals surface area contributed by atoms with Gasteiger partial charge in [-0.25, -0.2) is 0 Å². The summed E-state index contributed by atoms with van der Waals surface area (Å²) in [5.41, 5.74) is 0.422. The lowest BCUT2D eigenvalue weighted by molar-refractivity contribution is -0.121. The summed E-state index contributed by atoms with van der Waals surface area (Å²) in [6, 6.07) is 6.56. The minimum atomic E-state index is -0.333. The van der Waals surface area contributed by atoms with Crippen molar-refractivity contribution in [3.63, 3.8) is 0 Å². The van der Waals surface area contributed by atoms with Crippen molar-refractivity contribution in [1.29, 1.82) is 0 Å². The number of nitrogens with one attached hydrogen (secondary N) is 2. The van der Waals surface area contributed by atoms with Crippen LogP contribution in [0, 0.1) is 5.92 Å². The zero-order chi connectivity index (χ0) is 15.9. The van der Waals surface area contributed by atoms with Gasteiger partial charge in [0, 0.05) is 29.2 Å². The summed E-state index contributed by atoms with van der Waals surface area (Å²) in [5, 5.41) is 15.3. The zero-order valence-corrected chi connectivity index (χ0v) is 13.1. The fraction of sp³-hybridized carbons (Fsp3) is 0.500. The first-order valence-electron chi connectivity index (χ1n) is 7.54. The average Bonchev–Trinajstić information content (AvgIpc) is 2.53. The van der Waals surface area contributed by atoms with E-state index < -0.39 is 0 Å². The SMILES string of the molecule is O=C(CNC(=O)c1cccc(Cl)c1)NC1CCCCC1CO. The third-order valence-corrected chi connectivity index (χ3v) is 4.22. The molecule has 2 amide bonds. The van der Waals surface area contributed by atoms with Gasteiger partial charge in [0.05, 0.1) is 6.54 Å².